The van der Waals surface area contributed by atoms with Gasteiger partial charge in [0.25, 0.3) is 5.91 Å². The SMILES string of the molecule is COCC1(C(=O)O)CCN(C(=O)c2sccc2-n2cccc2)C1. The molecule has 3 heterocycles. The Hall–Kier alpha value is -2.12. The summed E-state index contributed by atoms with van der Waals surface area (Å²) in [5, 5.41) is 11.4. The van der Waals surface area contributed by atoms with Gasteiger partial charge in [0.05, 0.1) is 12.3 Å². The number of rotatable bonds is 5. The Morgan fingerprint density at radius 1 is 1.39 bits per heavy atom. The summed E-state index contributed by atoms with van der Waals surface area (Å²) in [4.78, 5) is 26.7. The minimum Gasteiger partial charge on any atom is -0.481 e. The van der Waals surface area contributed by atoms with Gasteiger partial charge in [-0.25, -0.2) is 0 Å². The molecule has 2 aromatic rings. The molecule has 0 radical (unpaired) electrons. The summed E-state index contributed by atoms with van der Waals surface area (Å²) >= 11 is 1.37. The van der Waals surface area contributed by atoms with E-state index in [1.54, 1.807) is 4.90 Å². The third-order valence-corrected chi connectivity index (χ3v) is 5.13. The predicted molar refractivity (Wildman–Crippen MR) is 86.1 cm³/mol. The number of carboxylic acids is 1. The number of thiophene rings is 1. The van der Waals surface area contributed by atoms with Crippen LogP contribution >= 0.6 is 11.3 Å². The summed E-state index contributed by atoms with van der Waals surface area (Å²) in [6, 6.07) is 5.69. The molecule has 3 rings (SSSR count). The van der Waals surface area contributed by atoms with Crippen molar-refractivity contribution < 1.29 is 19.4 Å². The van der Waals surface area contributed by atoms with E-state index in [-0.39, 0.29) is 19.1 Å². The first-order valence-corrected chi connectivity index (χ1v) is 8.18. The Kier molecular flexibility index (Phi) is 4.23. The van der Waals surface area contributed by atoms with Crippen molar-refractivity contribution in [3.05, 3.63) is 40.8 Å². The van der Waals surface area contributed by atoms with Gasteiger partial charge in [-0.1, -0.05) is 0 Å². The van der Waals surface area contributed by atoms with Crippen molar-refractivity contribution in [2.24, 2.45) is 5.41 Å². The maximum Gasteiger partial charge on any atom is 0.313 e. The molecule has 0 saturated carbocycles. The van der Waals surface area contributed by atoms with E-state index in [1.807, 2.05) is 40.5 Å². The van der Waals surface area contributed by atoms with Crippen LogP contribution in [0, 0.1) is 5.41 Å². The molecule has 23 heavy (non-hydrogen) atoms. The lowest BCUT2D eigenvalue weighted by molar-refractivity contribution is -0.151. The average Bonchev–Trinajstić information content (AvgIpc) is 3.26. The summed E-state index contributed by atoms with van der Waals surface area (Å²) in [5.41, 5.74) is -0.181. The number of carbonyl (C=O) groups is 2. The van der Waals surface area contributed by atoms with Crippen molar-refractivity contribution in [3.8, 4) is 5.69 Å². The maximum atomic E-state index is 12.8. The molecule has 122 valence electrons. The third kappa shape index (κ3) is 2.77. The van der Waals surface area contributed by atoms with Crippen LogP contribution in [0.5, 0.6) is 0 Å². The number of aliphatic carboxylic acids is 1. The van der Waals surface area contributed by atoms with Gasteiger partial charge in [0.15, 0.2) is 0 Å². The van der Waals surface area contributed by atoms with Crippen molar-refractivity contribution in [1.29, 1.82) is 0 Å². The lowest BCUT2D eigenvalue weighted by Crippen LogP contribution is -2.40. The highest BCUT2D eigenvalue weighted by atomic mass is 32.1. The second kappa shape index (κ2) is 6.17. The van der Waals surface area contributed by atoms with Crippen LogP contribution in [0.25, 0.3) is 5.69 Å². The monoisotopic (exact) mass is 334 g/mol. The standard InChI is InChI=1S/C16H18N2O4S/c1-22-11-16(15(20)21)5-8-18(10-16)14(19)13-12(4-9-23-13)17-6-2-3-7-17/h2-4,6-7,9H,5,8,10-11H2,1H3,(H,20,21). The third-order valence-electron chi connectivity index (χ3n) is 4.24. The molecular formula is C16H18N2O4S. The number of methoxy groups -OCH3 is 1. The number of nitrogens with zero attached hydrogens (tertiary/aromatic N) is 2. The topological polar surface area (TPSA) is 71.8 Å². The van der Waals surface area contributed by atoms with Gasteiger partial charge in [-0.15, -0.1) is 11.3 Å². The Morgan fingerprint density at radius 3 is 2.78 bits per heavy atom. The zero-order valence-electron chi connectivity index (χ0n) is 12.8. The van der Waals surface area contributed by atoms with E-state index in [1.165, 1.54) is 18.4 Å². The van der Waals surface area contributed by atoms with Gasteiger partial charge in [0.1, 0.15) is 10.3 Å². The van der Waals surface area contributed by atoms with E-state index in [0.29, 0.717) is 17.8 Å². The number of amides is 1. The molecule has 2 aromatic heterocycles. The van der Waals surface area contributed by atoms with Crippen LogP contribution in [0.15, 0.2) is 36.0 Å². The van der Waals surface area contributed by atoms with Crippen LogP contribution in [0.3, 0.4) is 0 Å². The molecule has 1 saturated heterocycles. The Bertz CT molecular complexity index is 709. The predicted octanol–water partition coefficient (Wildman–Crippen LogP) is 2.10. The van der Waals surface area contributed by atoms with Gasteiger partial charge in [0, 0.05) is 32.6 Å². The van der Waals surface area contributed by atoms with Crippen molar-refractivity contribution in [2.75, 3.05) is 26.8 Å². The molecule has 0 aliphatic carbocycles. The average molecular weight is 334 g/mol. The Labute approximate surface area is 137 Å². The van der Waals surface area contributed by atoms with Crippen molar-refractivity contribution in [1.82, 2.24) is 9.47 Å². The van der Waals surface area contributed by atoms with Crippen LogP contribution in [0.1, 0.15) is 16.1 Å². The van der Waals surface area contributed by atoms with E-state index in [9.17, 15) is 14.7 Å². The second-order valence-corrected chi connectivity index (χ2v) is 6.64. The fourth-order valence-corrected chi connectivity index (χ4v) is 3.84. The highest BCUT2D eigenvalue weighted by molar-refractivity contribution is 7.12. The van der Waals surface area contributed by atoms with E-state index in [2.05, 4.69) is 0 Å². The fourth-order valence-electron chi connectivity index (χ4n) is 2.98. The van der Waals surface area contributed by atoms with Gasteiger partial charge < -0.3 is 19.3 Å². The molecule has 1 aliphatic rings. The van der Waals surface area contributed by atoms with E-state index in [0.717, 1.165) is 5.69 Å². The van der Waals surface area contributed by atoms with E-state index in [4.69, 9.17) is 4.74 Å². The minimum atomic E-state index is -1.00. The maximum absolute atomic E-state index is 12.8. The summed E-state index contributed by atoms with van der Waals surface area (Å²) < 4.78 is 6.96. The molecule has 0 bridgehead atoms. The molecule has 0 aromatic carbocycles. The molecule has 1 unspecified atom stereocenters. The van der Waals surface area contributed by atoms with E-state index >= 15 is 0 Å². The molecule has 1 N–H and O–H groups in total. The zero-order chi connectivity index (χ0) is 16.4. The fraction of sp³-hybridized carbons (Fsp3) is 0.375. The van der Waals surface area contributed by atoms with Crippen molar-refractivity contribution in [2.45, 2.75) is 6.42 Å². The summed E-state index contributed by atoms with van der Waals surface area (Å²) in [7, 11) is 1.48. The van der Waals surface area contributed by atoms with Gasteiger partial charge in [0.2, 0.25) is 0 Å². The molecule has 0 spiro atoms. The molecule has 7 heteroatoms. The number of hydrogen-bond acceptors (Lipinski definition) is 4. The summed E-state index contributed by atoms with van der Waals surface area (Å²) in [6.07, 6.45) is 4.18. The summed E-state index contributed by atoms with van der Waals surface area (Å²) in [6.45, 7) is 0.719. The number of ether oxygens (including phenoxy) is 1. The van der Waals surface area contributed by atoms with Crippen LogP contribution in [-0.2, 0) is 9.53 Å². The van der Waals surface area contributed by atoms with Crippen LogP contribution < -0.4 is 0 Å². The Morgan fingerprint density at radius 2 is 2.13 bits per heavy atom. The number of hydrogen-bond donors (Lipinski definition) is 1. The first kappa shape index (κ1) is 15.8. The van der Waals surface area contributed by atoms with Gasteiger partial charge >= 0.3 is 5.97 Å². The lowest BCUT2D eigenvalue weighted by Gasteiger charge is -2.23. The smallest absolute Gasteiger partial charge is 0.313 e. The largest absolute Gasteiger partial charge is 0.481 e. The molecule has 1 fully saturated rings. The zero-order valence-corrected chi connectivity index (χ0v) is 13.6. The van der Waals surface area contributed by atoms with Gasteiger partial charge in [-0.05, 0) is 30.0 Å². The quantitative estimate of drug-likeness (QED) is 0.909. The number of carboxylic acid groups (broad SMARTS) is 1. The summed E-state index contributed by atoms with van der Waals surface area (Å²) in [5.74, 6) is -1.03. The highest BCUT2D eigenvalue weighted by Crippen LogP contribution is 2.33. The van der Waals surface area contributed by atoms with Crippen LogP contribution in [-0.4, -0.2) is 53.3 Å². The Balaban J connectivity index is 1.83. The first-order chi connectivity index (χ1) is 11.1. The molecule has 1 amide bonds. The van der Waals surface area contributed by atoms with Gasteiger partial charge in [-0.3, -0.25) is 9.59 Å². The highest BCUT2D eigenvalue weighted by Gasteiger charge is 2.46. The first-order valence-electron chi connectivity index (χ1n) is 7.30. The van der Waals surface area contributed by atoms with Crippen LogP contribution in [0.2, 0.25) is 0 Å². The van der Waals surface area contributed by atoms with Crippen molar-refractivity contribution in [3.63, 3.8) is 0 Å². The molecule has 1 aliphatic heterocycles. The molecule has 1 atom stereocenters. The normalized spacial score (nSPS) is 20.8. The van der Waals surface area contributed by atoms with Crippen LogP contribution in [0.4, 0.5) is 0 Å². The molecule has 6 nitrogen and oxygen atoms in total. The lowest BCUT2D eigenvalue weighted by atomic mass is 9.88. The molecular weight excluding hydrogens is 316 g/mol. The number of likely N-dealkylation sites (tertiary alicyclic amines) is 1. The van der Waals surface area contributed by atoms with Gasteiger partial charge in [-0.2, -0.15) is 0 Å². The number of carbonyl (C=O) groups excluding carboxylic acids is 1. The second-order valence-electron chi connectivity index (χ2n) is 5.72. The number of aromatic nitrogens is 1. The van der Waals surface area contributed by atoms with Crippen molar-refractivity contribution >= 4 is 23.2 Å². The van der Waals surface area contributed by atoms with E-state index < -0.39 is 11.4 Å². The minimum absolute atomic E-state index is 0.112.